The molecule has 1 amide bonds. The zero-order valence-corrected chi connectivity index (χ0v) is 16.3. The summed E-state index contributed by atoms with van der Waals surface area (Å²) in [5.74, 6) is -1.53. The van der Waals surface area contributed by atoms with Gasteiger partial charge in [0, 0.05) is 37.0 Å². The fourth-order valence-electron chi connectivity index (χ4n) is 3.24. The number of carbonyl (C=O) groups is 1. The molecule has 0 aromatic heterocycles. The molecule has 5 nitrogen and oxygen atoms in total. The van der Waals surface area contributed by atoms with Crippen LogP contribution in [-0.2, 0) is 9.53 Å². The average Bonchev–Trinajstić information content (AvgIpc) is 2.74. The Labute approximate surface area is 169 Å². The number of carbonyl (C=O) groups excluding carboxylic acids is 1. The first-order valence-corrected chi connectivity index (χ1v) is 9.56. The van der Waals surface area contributed by atoms with Crippen LogP contribution < -0.4 is 16.0 Å². The molecule has 2 aromatic rings. The Morgan fingerprint density at radius 3 is 2.97 bits per heavy atom. The highest BCUT2D eigenvalue weighted by atomic mass is 19.1. The number of benzene rings is 2. The van der Waals surface area contributed by atoms with Crippen LogP contribution in [0.15, 0.2) is 48.5 Å². The molecule has 2 aromatic carbocycles. The van der Waals surface area contributed by atoms with Crippen molar-refractivity contribution in [3.05, 3.63) is 71.3 Å². The molecule has 7 heteroatoms. The zero-order valence-electron chi connectivity index (χ0n) is 16.3. The maximum atomic E-state index is 13.7. The van der Waals surface area contributed by atoms with E-state index in [4.69, 9.17) is 10.5 Å². The standard InChI is InChI=1S/C22H25F2N3O2/c1-15(26-22(28)8-5-17-11-18(23)6-7-21(17)24)16-3-2-4-19(12-16)27-9-10-29-20(13-25)14-27/h2-8,11-12,15,20H,9-10,13-14,25H2,1H3,(H,26,28)/t15-,20?/m1/s1. The summed E-state index contributed by atoms with van der Waals surface area (Å²) in [6.07, 6.45) is 2.47. The van der Waals surface area contributed by atoms with Crippen molar-refractivity contribution < 1.29 is 18.3 Å². The maximum Gasteiger partial charge on any atom is 0.244 e. The molecule has 1 aliphatic heterocycles. The summed E-state index contributed by atoms with van der Waals surface area (Å²) < 4.78 is 32.5. The molecule has 3 rings (SSSR count). The molecule has 1 aliphatic rings. The first-order chi connectivity index (χ1) is 14.0. The molecular weight excluding hydrogens is 376 g/mol. The molecular formula is C22H25F2N3O2. The lowest BCUT2D eigenvalue weighted by atomic mass is 10.1. The van der Waals surface area contributed by atoms with Crippen molar-refractivity contribution in [3.8, 4) is 0 Å². The maximum absolute atomic E-state index is 13.7. The number of halogens is 2. The molecule has 2 atom stereocenters. The highest BCUT2D eigenvalue weighted by Gasteiger charge is 2.20. The van der Waals surface area contributed by atoms with Gasteiger partial charge in [-0.2, -0.15) is 0 Å². The number of ether oxygens (including phenoxy) is 1. The van der Waals surface area contributed by atoms with Gasteiger partial charge in [0.05, 0.1) is 18.8 Å². The van der Waals surface area contributed by atoms with Crippen LogP contribution in [0.3, 0.4) is 0 Å². The molecule has 154 valence electrons. The van der Waals surface area contributed by atoms with Crippen molar-refractivity contribution in [1.82, 2.24) is 5.32 Å². The molecule has 0 spiro atoms. The monoisotopic (exact) mass is 401 g/mol. The van der Waals surface area contributed by atoms with E-state index in [1.165, 1.54) is 12.2 Å². The van der Waals surface area contributed by atoms with Gasteiger partial charge in [0.15, 0.2) is 0 Å². The van der Waals surface area contributed by atoms with Gasteiger partial charge in [0.1, 0.15) is 11.6 Å². The van der Waals surface area contributed by atoms with E-state index < -0.39 is 11.6 Å². The van der Waals surface area contributed by atoms with Gasteiger partial charge in [0.25, 0.3) is 0 Å². The van der Waals surface area contributed by atoms with Gasteiger partial charge in [-0.3, -0.25) is 4.79 Å². The largest absolute Gasteiger partial charge is 0.373 e. The number of amides is 1. The van der Waals surface area contributed by atoms with Crippen molar-refractivity contribution in [2.24, 2.45) is 5.73 Å². The van der Waals surface area contributed by atoms with E-state index in [1.54, 1.807) is 0 Å². The molecule has 0 saturated carbocycles. The van der Waals surface area contributed by atoms with E-state index >= 15 is 0 Å². The number of anilines is 1. The van der Waals surface area contributed by atoms with Gasteiger partial charge in [-0.1, -0.05) is 12.1 Å². The summed E-state index contributed by atoms with van der Waals surface area (Å²) in [5.41, 5.74) is 7.73. The second-order valence-electron chi connectivity index (χ2n) is 7.00. The minimum absolute atomic E-state index is 0.0119. The number of nitrogens with one attached hydrogen (secondary N) is 1. The van der Waals surface area contributed by atoms with E-state index in [1.807, 2.05) is 31.2 Å². The minimum atomic E-state index is -0.586. The van der Waals surface area contributed by atoms with Crippen LogP contribution in [0.4, 0.5) is 14.5 Å². The second kappa shape index (κ2) is 9.62. The third-order valence-corrected chi connectivity index (χ3v) is 4.87. The van der Waals surface area contributed by atoms with Crippen molar-refractivity contribution >= 4 is 17.7 Å². The van der Waals surface area contributed by atoms with Gasteiger partial charge in [0.2, 0.25) is 5.91 Å². The first-order valence-electron chi connectivity index (χ1n) is 9.56. The van der Waals surface area contributed by atoms with Crippen molar-refractivity contribution in [2.75, 3.05) is 31.1 Å². The molecule has 1 heterocycles. The van der Waals surface area contributed by atoms with E-state index in [-0.39, 0.29) is 23.6 Å². The van der Waals surface area contributed by atoms with E-state index in [0.717, 1.165) is 42.5 Å². The zero-order chi connectivity index (χ0) is 20.8. The lowest BCUT2D eigenvalue weighted by Crippen LogP contribution is -2.45. The van der Waals surface area contributed by atoms with Gasteiger partial charge in [-0.25, -0.2) is 8.78 Å². The van der Waals surface area contributed by atoms with Gasteiger partial charge in [-0.05, 0) is 48.9 Å². The van der Waals surface area contributed by atoms with Crippen molar-refractivity contribution in [1.29, 1.82) is 0 Å². The van der Waals surface area contributed by atoms with Crippen molar-refractivity contribution in [2.45, 2.75) is 19.1 Å². The first kappa shape index (κ1) is 21.0. The molecule has 0 radical (unpaired) electrons. The quantitative estimate of drug-likeness (QED) is 0.731. The number of nitrogens with two attached hydrogens (primary N) is 1. The van der Waals surface area contributed by atoms with E-state index in [2.05, 4.69) is 10.2 Å². The molecule has 1 saturated heterocycles. The van der Waals surface area contributed by atoms with Crippen LogP contribution in [0.25, 0.3) is 6.08 Å². The Bertz CT molecular complexity index is 888. The Morgan fingerprint density at radius 1 is 1.34 bits per heavy atom. The van der Waals surface area contributed by atoms with Gasteiger partial charge < -0.3 is 20.7 Å². The molecule has 1 fully saturated rings. The fourth-order valence-corrected chi connectivity index (χ4v) is 3.24. The number of hydrogen-bond acceptors (Lipinski definition) is 4. The predicted molar refractivity (Wildman–Crippen MR) is 109 cm³/mol. The van der Waals surface area contributed by atoms with Crippen molar-refractivity contribution in [3.63, 3.8) is 0 Å². The highest BCUT2D eigenvalue weighted by Crippen LogP contribution is 2.22. The molecule has 29 heavy (non-hydrogen) atoms. The summed E-state index contributed by atoms with van der Waals surface area (Å²) in [6, 6.07) is 10.8. The minimum Gasteiger partial charge on any atom is -0.373 e. The Morgan fingerprint density at radius 2 is 2.17 bits per heavy atom. The summed E-state index contributed by atoms with van der Waals surface area (Å²) in [7, 11) is 0. The van der Waals surface area contributed by atoms with Crippen LogP contribution >= 0.6 is 0 Å². The highest BCUT2D eigenvalue weighted by molar-refractivity contribution is 5.92. The van der Waals surface area contributed by atoms with E-state index in [9.17, 15) is 13.6 Å². The SMILES string of the molecule is C[C@@H](NC(=O)C=Cc1cc(F)ccc1F)c1cccc(N2CCOC(CN)C2)c1. The fraction of sp³-hybridized carbons (Fsp3) is 0.318. The second-order valence-corrected chi connectivity index (χ2v) is 7.00. The van der Waals surface area contributed by atoms with Crippen LogP contribution in [0.2, 0.25) is 0 Å². The predicted octanol–water partition coefficient (Wildman–Crippen LogP) is 3.02. The normalized spacial score (nSPS) is 18.1. The topological polar surface area (TPSA) is 67.6 Å². The molecule has 1 unspecified atom stereocenters. The smallest absolute Gasteiger partial charge is 0.244 e. The Balaban J connectivity index is 1.64. The number of morpholine rings is 1. The lowest BCUT2D eigenvalue weighted by molar-refractivity contribution is -0.117. The van der Waals surface area contributed by atoms with Crippen LogP contribution in [0.5, 0.6) is 0 Å². The average molecular weight is 401 g/mol. The number of nitrogens with zero attached hydrogens (tertiary/aromatic N) is 1. The molecule has 0 bridgehead atoms. The molecule has 0 aliphatic carbocycles. The van der Waals surface area contributed by atoms with E-state index in [0.29, 0.717) is 13.2 Å². The van der Waals surface area contributed by atoms with Crippen LogP contribution in [-0.4, -0.2) is 38.3 Å². The van der Waals surface area contributed by atoms with Gasteiger partial charge >= 0.3 is 0 Å². The van der Waals surface area contributed by atoms with Crippen LogP contribution in [0.1, 0.15) is 24.1 Å². The summed E-state index contributed by atoms with van der Waals surface area (Å²) >= 11 is 0. The van der Waals surface area contributed by atoms with Gasteiger partial charge in [-0.15, -0.1) is 0 Å². The number of rotatable bonds is 6. The summed E-state index contributed by atoms with van der Waals surface area (Å²) in [6.45, 7) is 4.47. The third kappa shape index (κ3) is 5.62. The third-order valence-electron chi connectivity index (χ3n) is 4.87. The molecule has 3 N–H and O–H groups in total. The van der Waals surface area contributed by atoms with Crippen LogP contribution in [0, 0.1) is 11.6 Å². The lowest BCUT2D eigenvalue weighted by Gasteiger charge is -2.34. The number of hydrogen-bond donors (Lipinski definition) is 2. The summed E-state index contributed by atoms with van der Waals surface area (Å²) in [4.78, 5) is 14.4. The Kier molecular flexibility index (Phi) is 6.95. The summed E-state index contributed by atoms with van der Waals surface area (Å²) in [5, 5.41) is 2.85. The Hall–Kier alpha value is -2.77.